The molecule has 2 aromatic heterocycles. The van der Waals surface area contributed by atoms with Crippen LogP contribution in [-0.4, -0.2) is 21.2 Å². The predicted octanol–water partition coefficient (Wildman–Crippen LogP) is 4.24. The molecule has 0 aliphatic heterocycles. The second-order valence-electron chi connectivity index (χ2n) is 7.04. The van der Waals surface area contributed by atoms with Crippen LogP contribution in [0.3, 0.4) is 0 Å². The van der Waals surface area contributed by atoms with Gasteiger partial charge in [0.05, 0.1) is 11.1 Å². The first-order chi connectivity index (χ1) is 14.1. The minimum Gasteiger partial charge on any atom is -0.494 e. The molecular weight excluding hydrogens is 382 g/mol. The van der Waals surface area contributed by atoms with Gasteiger partial charge in [-0.05, 0) is 37.1 Å². The van der Waals surface area contributed by atoms with E-state index in [2.05, 4.69) is 17.0 Å². The minimum atomic E-state index is -0.143. The van der Waals surface area contributed by atoms with E-state index < -0.39 is 0 Å². The van der Waals surface area contributed by atoms with E-state index in [9.17, 15) is 4.79 Å². The van der Waals surface area contributed by atoms with Crippen molar-refractivity contribution in [1.82, 2.24) is 14.6 Å². The van der Waals surface area contributed by atoms with Gasteiger partial charge in [0, 0.05) is 5.56 Å². The van der Waals surface area contributed by atoms with Gasteiger partial charge in [-0.25, -0.2) is 0 Å². The van der Waals surface area contributed by atoms with E-state index in [1.807, 2.05) is 61.5 Å². The van der Waals surface area contributed by atoms with E-state index in [1.165, 1.54) is 34.3 Å². The SMILES string of the molecule is CCCCCOc1ccc(/C=c2/sc3nc(-c4ccc(C)cc4)nn3c2=O)cc1. The Hall–Kier alpha value is -2.99. The van der Waals surface area contributed by atoms with Crippen molar-refractivity contribution in [2.45, 2.75) is 33.1 Å². The lowest BCUT2D eigenvalue weighted by Crippen LogP contribution is -2.23. The monoisotopic (exact) mass is 405 g/mol. The third kappa shape index (κ3) is 4.38. The van der Waals surface area contributed by atoms with Gasteiger partial charge in [-0.15, -0.1) is 5.10 Å². The number of fused-ring (bicyclic) bond motifs is 1. The molecule has 0 unspecified atom stereocenters. The normalized spacial score (nSPS) is 12.0. The summed E-state index contributed by atoms with van der Waals surface area (Å²) in [7, 11) is 0. The Labute approximate surface area is 173 Å². The van der Waals surface area contributed by atoms with Crippen LogP contribution in [0.2, 0.25) is 0 Å². The van der Waals surface area contributed by atoms with E-state index in [-0.39, 0.29) is 5.56 Å². The van der Waals surface area contributed by atoms with Crippen molar-refractivity contribution < 1.29 is 4.74 Å². The molecular formula is C23H23N3O2S. The van der Waals surface area contributed by atoms with Crippen molar-refractivity contribution in [3.05, 3.63) is 74.5 Å². The number of hydrogen-bond donors (Lipinski definition) is 0. The highest BCUT2D eigenvalue weighted by Crippen LogP contribution is 2.17. The maximum atomic E-state index is 12.7. The van der Waals surface area contributed by atoms with E-state index >= 15 is 0 Å². The quantitative estimate of drug-likeness (QED) is 0.432. The molecule has 0 aliphatic rings. The fourth-order valence-electron chi connectivity index (χ4n) is 3.01. The maximum absolute atomic E-state index is 12.7. The number of nitrogens with zero attached hydrogens (tertiary/aromatic N) is 3. The predicted molar refractivity (Wildman–Crippen MR) is 118 cm³/mol. The molecule has 5 nitrogen and oxygen atoms in total. The van der Waals surface area contributed by atoms with Gasteiger partial charge in [0.2, 0.25) is 4.96 Å². The molecule has 0 saturated carbocycles. The summed E-state index contributed by atoms with van der Waals surface area (Å²) in [4.78, 5) is 17.8. The lowest BCUT2D eigenvalue weighted by Gasteiger charge is -2.05. The summed E-state index contributed by atoms with van der Waals surface area (Å²) in [5.74, 6) is 1.43. The van der Waals surface area contributed by atoms with E-state index in [4.69, 9.17) is 4.74 Å². The number of aryl methyl sites for hydroxylation is 1. The molecule has 0 spiro atoms. The number of ether oxygens (including phenoxy) is 1. The molecule has 2 aromatic carbocycles. The van der Waals surface area contributed by atoms with Gasteiger partial charge in [-0.1, -0.05) is 73.1 Å². The molecule has 2 heterocycles. The highest BCUT2D eigenvalue weighted by atomic mass is 32.1. The first-order valence-electron chi connectivity index (χ1n) is 9.85. The molecule has 6 heteroatoms. The Balaban J connectivity index is 1.55. The highest BCUT2D eigenvalue weighted by Gasteiger charge is 2.11. The van der Waals surface area contributed by atoms with Crippen LogP contribution in [0.25, 0.3) is 22.4 Å². The molecule has 0 bridgehead atoms. The van der Waals surface area contributed by atoms with E-state index in [0.717, 1.165) is 29.9 Å². The number of benzene rings is 2. The summed E-state index contributed by atoms with van der Waals surface area (Å²) < 4.78 is 7.74. The van der Waals surface area contributed by atoms with Gasteiger partial charge in [0.25, 0.3) is 5.56 Å². The Morgan fingerprint density at radius 1 is 1.07 bits per heavy atom. The lowest BCUT2D eigenvalue weighted by molar-refractivity contribution is 0.306. The minimum absolute atomic E-state index is 0.143. The van der Waals surface area contributed by atoms with Crippen LogP contribution in [0, 0.1) is 6.92 Å². The average molecular weight is 406 g/mol. The van der Waals surface area contributed by atoms with Crippen molar-refractivity contribution in [3.8, 4) is 17.1 Å². The van der Waals surface area contributed by atoms with Crippen molar-refractivity contribution in [2.24, 2.45) is 0 Å². The van der Waals surface area contributed by atoms with Crippen LogP contribution in [0.15, 0.2) is 53.3 Å². The standard InChI is InChI=1S/C23H23N3O2S/c1-3-4-5-14-28-19-12-8-17(9-13-19)15-20-22(27)26-23(29-20)24-21(25-26)18-10-6-16(2)7-11-18/h6-13,15H,3-5,14H2,1-2H3/b20-15+. The molecule has 4 rings (SSSR count). The molecule has 148 valence electrons. The second kappa shape index (κ2) is 8.57. The topological polar surface area (TPSA) is 56.5 Å². The van der Waals surface area contributed by atoms with Crippen molar-refractivity contribution >= 4 is 22.4 Å². The third-order valence-corrected chi connectivity index (χ3v) is 5.65. The fourth-order valence-corrected chi connectivity index (χ4v) is 3.92. The van der Waals surface area contributed by atoms with Gasteiger partial charge in [-0.2, -0.15) is 9.50 Å². The summed E-state index contributed by atoms with van der Waals surface area (Å²) in [6.45, 7) is 4.94. The summed E-state index contributed by atoms with van der Waals surface area (Å²) in [6, 6.07) is 15.8. The summed E-state index contributed by atoms with van der Waals surface area (Å²) in [5, 5.41) is 4.40. The molecule has 0 atom stereocenters. The molecule has 0 fully saturated rings. The van der Waals surface area contributed by atoms with Crippen molar-refractivity contribution in [2.75, 3.05) is 6.61 Å². The van der Waals surface area contributed by atoms with Crippen LogP contribution < -0.4 is 14.8 Å². The molecule has 29 heavy (non-hydrogen) atoms. The maximum Gasteiger partial charge on any atom is 0.291 e. The second-order valence-corrected chi connectivity index (χ2v) is 8.05. The molecule has 0 aliphatic carbocycles. The first-order valence-corrected chi connectivity index (χ1v) is 10.7. The van der Waals surface area contributed by atoms with Gasteiger partial charge in [-0.3, -0.25) is 4.79 Å². The van der Waals surface area contributed by atoms with Gasteiger partial charge in [0.15, 0.2) is 5.82 Å². The lowest BCUT2D eigenvalue weighted by atomic mass is 10.1. The number of hydrogen-bond acceptors (Lipinski definition) is 5. The third-order valence-electron chi connectivity index (χ3n) is 4.69. The fraction of sp³-hybridized carbons (Fsp3) is 0.261. The Morgan fingerprint density at radius 2 is 1.83 bits per heavy atom. The number of thiazole rings is 1. The van der Waals surface area contributed by atoms with Crippen molar-refractivity contribution in [3.63, 3.8) is 0 Å². The zero-order valence-electron chi connectivity index (χ0n) is 16.6. The average Bonchev–Trinajstić information content (AvgIpc) is 3.27. The highest BCUT2D eigenvalue weighted by molar-refractivity contribution is 7.15. The van der Waals surface area contributed by atoms with E-state index in [1.54, 1.807) is 0 Å². The molecule has 4 aromatic rings. The Kier molecular flexibility index (Phi) is 5.71. The zero-order chi connectivity index (χ0) is 20.2. The number of rotatable bonds is 7. The van der Waals surface area contributed by atoms with Gasteiger partial charge in [0.1, 0.15) is 5.75 Å². The molecule has 0 saturated heterocycles. The Bertz CT molecular complexity index is 1210. The molecule has 0 N–H and O–H groups in total. The summed E-state index contributed by atoms with van der Waals surface area (Å²) >= 11 is 1.35. The molecule has 0 amide bonds. The largest absolute Gasteiger partial charge is 0.494 e. The summed E-state index contributed by atoms with van der Waals surface area (Å²) in [5.41, 5.74) is 2.89. The van der Waals surface area contributed by atoms with Crippen molar-refractivity contribution in [1.29, 1.82) is 0 Å². The Morgan fingerprint density at radius 3 is 2.52 bits per heavy atom. The summed E-state index contributed by atoms with van der Waals surface area (Å²) in [6.07, 6.45) is 5.30. The van der Waals surface area contributed by atoms with E-state index in [0.29, 0.717) is 15.3 Å². The smallest absolute Gasteiger partial charge is 0.291 e. The first kappa shape index (κ1) is 19.3. The van der Waals surface area contributed by atoms with Crippen LogP contribution >= 0.6 is 11.3 Å². The van der Waals surface area contributed by atoms with Crippen LogP contribution in [0.4, 0.5) is 0 Å². The van der Waals surface area contributed by atoms with Gasteiger partial charge >= 0.3 is 0 Å². The number of unbranched alkanes of at least 4 members (excludes halogenated alkanes) is 2. The zero-order valence-corrected chi connectivity index (χ0v) is 17.4. The van der Waals surface area contributed by atoms with Gasteiger partial charge < -0.3 is 4.74 Å². The number of aromatic nitrogens is 3. The van der Waals surface area contributed by atoms with Crippen LogP contribution in [0.5, 0.6) is 5.75 Å². The van der Waals surface area contributed by atoms with Crippen LogP contribution in [0.1, 0.15) is 37.3 Å². The molecule has 0 radical (unpaired) electrons. The van der Waals surface area contributed by atoms with Crippen LogP contribution in [-0.2, 0) is 0 Å².